The number of sulfonamides is 1. The molecule has 0 spiro atoms. The molecule has 4 atom stereocenters. The maximum Gasteiger partial charge on any atom is 0.259 e. The number of hydrogen-bond acceptors (Lipinski definition) is 10. The highest BCUT2D eigenvalue weighted by atomic mass is 32.2. The second-order valence-corrected chi connectivity index (χ2v) is 18.3. The number of pyridine rings is 1. The van der Waals surface area contributed by atoms with E-state index in [0.717, 1.165) is 40.9 Å². The van der Waals surface area contributed by atoms with Crippen LogP contribution in [0.4, 0.5) is 0 Å². The van der Waals surface area contributed by atoms with E-state index in [0.29, 0.717) is 42.0 Å². The average Bonchev–Trinajstić information content (AvgIpc) is 3.87. The third kappa shape index (κ3) is 6.79. The zero-order valence-electron chi connectivity index (χ0n) is 30.4. The summed E-state index contributed by atoms with van der Waals surface area (Å²) in [5.74, 6) is -0.246. The summed E-state index contributed by atoms with van der Waals surface area (Å²) in [6.07, 6.45) is 8.24. The first-order valence-electron chi connectivity index (χ1n) is 18.2. The Labute approximate surface area is 308 Å². The number of aryl methyl sites for hydroxylation is 1. The van der Waals surface area contributed by atoms with Gasteiger partial charge < -0.3 is 19.7 Å². The van der Waals surface area contributed by atoms with E-state index in [9.17, 15) is 22.8 Å². The van der Waals surface area contributed by atoms with Gasteiger partial charge in [-0.1, -0.05) is 32.4 Å². The highest BCUT2D eigenvalue weighted by Gasteiger charge is 2.63. The number of methoxy groups -OCH3 is 1. The lowest BCUT2D eigenvalue weighted by Crippen LogP contribution is -2.57. The Hall–Kier alpha value is -4.04. The molecule has 0 radical (unpaired) electrons. The molecule has 278 valence electrons. The Morgan fingerprint density at radius 1 is 1.13 bits per heavy atom. The molecule has 3 amide bonds. The van der Waals surface area contributed by atoms with Gasteiger partial charge in [0.15, 0.2) is 0 Å². The number of nitrogens with one attached hydrogen (secondary N) is 2. The average molecular weight is 750 g/mol. The van der Waals surface area contributed by atoms with Crippen LogP contribution in [-0.2, 0) is 24.4 Å². The van der Waals surface area contributed by atoms with Crippen molar-refractivity contribution in [3.63, 3.8) is 0 Å². The SMILES string of the molecule is COc1ccc2c(O[C@@H]3C[C@H]4C(=O)N[C@]5(C(=O)NS(=O)(=O)C6(C)CC6)C[C@H]5C=CCCCCCC(=O)N4C3)cc(-c3nc(C(C)C)cs3)nc2c1C. The Morgan fingerprint density at radius 3 is 2.63 bits per heavy atom. The first kappa shape index (κ1) is 36.3. The summed E-state index contributed by atoms with van der Waals surface area (Å²) in [4.78, 5) is 53.1. The van der Waals surface area contributed by atoms with Crippen molar-refractivity contribution < 1.29 is 32.3 Å². The lowest BCUT2D eigenvalue weighted by molar-refractivity contribution is -0.139. The molecule has 3 aromatic rings. The first-order chi connectivity index (χ1) is 24.7. The summed E-state index contributed by atoms with van der Waals surface area (Å²) < 4.78 is 39.8. The van der Waals surface area contributed by atoms with Gasteiger partial charge in [0.1, 0.15) is 39.9 Å². The van der Waals surface area contributed by atoms with Gasteiger partial charge in [-0.05, 0) is 70.4 Å². The van der Waals surface area contributed by atoms with Crippen LogP contribution < -0.4 is 19.5 Å². The molecule has 2 N–H and O–H groups in total. The van der Waals surface area contributed by atoms with Gasteiger partial charge >= 0.3 is 0 Å². The number of nitrogens with zero attached hydrogens (tertiary/aromatic N) is 3. The summed E-state index contributed by atoms with van der Waals surface area (Å²) >= 11 is 1.51. The molecular formula is C38H47N5O7S2. The van der Waals surface area contributed by atoms with Gasteiger partial charge in [0.25, 0.3) is 5.91 Å². The molecule has 0 unspecified atom stereocenters. The predicted octanol–water partition coefficient (Wildman–Crippen LogP) is 5.54. The standard InChI is InChI=1S/C38H47N5O7S2/c1-22(2)28-21-51-35(40-28)27-18-31(26-13-14-30(49-5)23(3)33(26)39-27)50-25-17-29-34(45)41-38(36(46)42-52(47,48)37(4)15-16-37)19-24(38)11-9-7-6-8-10-12-32(44)43(29)20-25/h9,11,13-14,18,21-22,24-25,29H,6-8,10,12,15-17,19-20H2,1-5H3,(H,41,45)(H,42,46)/t24-,25-,29+,38-/m1/s1. The fourth-order valence-corrected chi connectivity index (χ4v) is 9.50. The van der Waals surface area contributed by atoms with Crippen LogP contribution in [-0.4, -0.2) is 77.1 Å². The van der Waals surface area contributed by atoms with E-state index in [1.165, 1.54) is 11.3 Å². The van der Waals surface area contributed by atoms with Crippen LogP contribution in [0.3, 0.4) is 0 Å². The van der Waals surface area contributed by atoms with E-state index in [1.807, 2.05) is 42.7 Å². The summed E-state index contributed by atoms with van der Waals surface area (Å²) in [6.45, 7) is 7.92. The van der Waals surface area contributed by atoms with Crippen LogP contribution in [0.15, 0.2) is 35.7 Å². The van der Waals surface area contributed by atoms with Crippen LogP contribution in [0, 0.1) is 12.8 Å². The summed E-state index contributed by atoms with van der Waals surface area (Å²) in [5.41, 5.74) is 1.76. The molecule has 4 aliphatic rings. The fourth-order valence-electron chi connectivity index (χ4n) is 7.25. The van der Waals surface area contributed by atoms with Crippen molar-refractivity contribution in [2.24, 2.45) is 5.92 Å². The minimum absolute atomic E-state index is 0.154. The van der Waals surface area contributed by atoms with E-state index in [-0.39, 0.29) is 43.6 Å². The number of aromatic nitrogens is 2. The maximum absolute atomic E-state index is 14.2. The van der Waals surface area contributed by atoms with Gasteiger partial charge in [-0.25, -0.2) is 18.4 Å². The van der Waals surface area contributed by atoms with E-state index in [2.05, 4.69) is 23.9 Å². The molecule has 2 aliphatic heterocycles. The molecule has 3 fully saturated rings. The van der Waals surface area contributed by atoms with E-state index in [1.54, 1.807) is 18.9 Å². The van der Waals surface area contributed by atoms with E-state index in [4.69, 9.17) is 19.4 Å². The number of amides is 3. The van der Waals surface area contributed by atoms with Crippen molar-refractivity contribution in [2.75, 3.05) is 13.7 Å². The van der Waals surface area contributed by atoms with Crippen LogP contribution in [0.25, 0.3) is 21.6 Å². The maximum atomic E-state index is 14.2. The minimum Gasteiger partial charge on any atom is -0.496 e. The molecule has 4 heterocycles. The number of carbonyl (C=O) groups is 3. The van der Waals surface area contributed by atoms with Crippen molar-refractivity contribution >= 4 is 50.0 Å². The number of fused-ring (bicyclic) bond motifs is 3. The molecule has 12 nitrogen and oxygen atoms in total. The lowest BCUT2D eigenvalue weighted by atomic mass is 10.1. The Balaban J connectivity index is 1.19. The number of benzene rings is 1. The smallest absolute Gasteiger partial charge is 0.259 e. The Bertz CT molecular complexity index is 2060. The highest BCUT2D eigenvalue weighted by molar-refractivity contribution is 7.91. The number of allylic oxidation sites excluding steroid dienone is 1. The van der Waals surface area contributed by atoms with Crippen LogP contribution >= 0.6 is 11.3 Å². The topological polar surface area (TPSA) is 157 Å². The minimum atomic E-state index is -3.92. The molecule has 1 saturated heterocycles. The second-order valence-electron chi connectivity index (χ2n) is 15.2. The molecule has 2 aliphatic carbocycles. The van der Waals surface area contributed by atoms with Gasteiger partial charge in [-0.2, -0.15) is 0 Å². The quantitative estimate of drug-likeness (QED) is 0.282. The zero-order chi connectivity index (χ0) is 37.0. The molecule has 1 aromatic carbocycles. The summed E-state index contributed by atoms with van der Waals surface area (Å²) in [5, 5.41) is 6.49. The Kier molecular flexibility index (Phi) is 9.60. The Morgan fingerprint density at radius 2 is 1.92 bits per heavy atom. The fraction of sp³-hybridized carbons (Fsp3) is 0.553. The predicted molar refractivity (Wildman–Crippen MR) is 199 cm³/mol. The first-order valence-corrected chi connectivity index (χ1v) is 20.6. The lowest BCUT2D eigenvalue weighted by Gasteiger charge is -2.27. The van der Waals surface area contributed by atoms with Gasteiger partial charge in [0, 0.05) is 41.2 Å². The summed E-state index contributed by atoms with van der Waals surface area (Å²) in [7, 11) is -2.31. The van der Waals surface area contributed by atoms with Crippen LogP contribution in [0.1, 0.15) is 95.7 Å². The van der Waals surface area contributed by atoms with Gasteiger partial charge in [0.05, 0.1) is 29.6 Å². The molecule has 2 saturated carbocycles. The van der Waals surface area contributed by atoms with Crippen molar-refractivity contribution in [3.05, 3.63) is 47.0 Å². The molecule has 0 bridgehead atoms. The van der Waals surface area contributed by atoms with Gasteiger partial charge in [-0.15, -0.1) is 11.3 Å². The van der Waals surface area contributed by atoms with Gasteiger partial charge in [-0.3, -0.25) is 19.1 Å². The van der Waals surface area contributed by atoms with Crippen molar-refractivity contribution in [2.45, 2.75) is 114 Å². The van der Waals surface area contributed by atoms with E-state index >= 15 is 0 Å². The summed E-state index contributed by atoms with van der Waals surface area (Å²) in [6, 6.07) is 4.73. The second kappa shape index (κ2) is 13.7. The van der Waals surface area contributed by atoms with Gasteiger partial charge in [0.2, 0.25) is 21.8 Å². The number of thiazole rings is 1. The molecule has 7 rings (SSSR count). The monoisotopic (exact) mass is 749 g/mol. The molecule has 2 aromatic heterocycles. The van der Waals surface area contributed by atoms with Crippen molar-refractivity contribution in [1.82, 2.24) is 24.9 Å². The zero-order valence-corrected chi connectivity index (χ0v) is 32.0. The van der Waals surface area contributed by atoms with Crippen molar-refractivity contribution in [1.29, 1.82) is 0 Å². The molecule has 52 heavy (non-hydrogen) atoms. The van der Waals surface area contributed by atoms with E-state index < -0.39 is 44.3 Å². The third-order valence-electron chi connectivity index (χ3n) is 11.1. The van der Waals surface area contributed by atoms with Crippen LogP contribution in [0.5, 0.6) is 11.5 Å². The van der Waals surface area contributed by atoms with Crippen molar-refractivity contribution in [3.8, 4) is 22.2 Å². The number of carbonyl (C=O) groups excluding carboxylic acids is 3. The highest BCUT2D eigenvalue weighted by Crippen LogP contribution is 2.48. The number of ether oxygens (including phenoxy) is 2. The third-order valence-corrected chi connectivity index (χ3v) is 14.1. The number of rotatable bonds is 8. The number of hydrogen-bond donors (Lipinski definition) is 2. The largest absolute Gasteiger partial charge is 0.496 e. The molecule has 14 heteroatoms. The van der Waals surface area contributed by atoms with Crippen LogP contribution in [0.2, 0.25) is 0 Å². The molecular weight excluding hydrogens is 703 g/mol. The normalized spacial score (nSPS) is 26.0.